The van der Waals surface area contributed by atoms with Gasteiger partial charge in [0.15, 0.2) is 0 Å². The summed E-state index contributed by atoms with van der Waals surface area (Å²) in [4.78, 5) is 0. The van der Waals surface area contributed by atoms with Crippen LogP contribution in [-0.2, 0) is 6.54 Å². The highest BCUT2D eigenvalue weighted by molar-refractivity contribution is 5.30. The zero-order valence-electron chi connectivity index (χ0n) is 9.64. The molecule has 0 saturated heterocycles. The Hall–Kier alpha value is -1.26. The third-order valence-electron chi connectivity index (χ3n) is 2.49. The Kier molecular flexibility index (Phi) is 4.93. The lowest BCUT2D eigenvalue weighted by molar-refractivity contribution is 0.657. The van der Waals surface area contributed by atoms with Gasteiger partial charge in [0.1, 0.15) is 0 Å². The van der Waals surface area contributed by atoms with E-state index >= 15 is 0 Å². The Morgan fingerprint density at radius 1 is 1.33 bits per heavy atom. The minimum atomic E-state index is 0.861. The molecule has 0 aliphatic carbocycles. The number of rotatable bonds is 5. The topological polar surface area (TPSA) is 12.0 Å². The number of unbranched alkanes of at least 4 members (excludes halogenated alkanes) is 1. The third kappa shape index (κ3) is 4.18. The third-order valence-corrected chi connectivity index (χ3v) is 2.49. The van der Waals surface area contributed by atoms with E-state index in [1.54, 1.807) is 0 Å². The first-order chi connectivity index (χ1) is 7.24. The quantitative estimate of drug-likeness (QED) is 0.570. The first-order valence-corrected chi connectivity index (χ1v) is 5.44. The summed E-state index contributed by atoms with van der Waals surface area (Å²) in [5.74, 6) is 2.65. The first-order valence-electron chi connectivity index (χ1n) is 5.44. The number of nitrogens with one attached hydrogen (secondary N) is 1. The molecule has 0 aromatic heterocycles. The molecule has 1 aromatic carbocycles. The van der Waals surface area contributed by atoms with Gasteiger partial charge in [-0.2, -0.15) is 0 Å². The maximum absolute atomic E-state index is 5.18. The maximum Gasteiger partial charge on any atom is 0.0208 e. The second kappa shape index (κ2) is 6.27. The molecule has 15 heavy (non-hydrogen) atoms. The van der Waals surface area contributed by atoms with Crippen LogP contribution in [0.5, 0.6) is 0 Å². The normalized spacial score (nSPS) is 9.93. The summed E-state index contributed by atoms with van der Waals surface area (Å²) >= 11 is 0. The monoisotopic (exact) mass is 201 g/mol. The van der Waals surface area contributed by atoms with Gasteiger partial charge in [-0.25, -0.2) is 0 Å². The van der Waals surface area contributed by atoms with Gasteiger partial charge >= 0.3 is 0 Å². The van der Waals surface area contributed by atoms with Gasteiger partial charge in [0.25, 0.3) is 0 Å². The zero-order valence-corrected chi connectivity index (χ0v) is 9.64. The first kappa shape index (κ1) is 11.8. The second-order valence-corrected chi connectivity index (χ2v) is 3.91. The number of aryl methyl sites for hydroxylation is 2. The van der Waals surface area contributed by atoms with E-state index in [0.717, 1.165) is 25.9 Å². The van der Waals surface area contributed by atoms with E-state index in [4.69, 9.17) is 6.42 Å². The second-order valence-electron chi connectivity index (χ2n) is 3.91. The van der Waals surface area contributed by atoms with E-state index in [2.05, 4.69) is 43.3 Å². The van der Waals surface area contributed by atoms with E-state index in [-0.39, 0.29) is 0 Å². The molecule has 1 aromatic rings. The van der Waals surface area contributed by atoms with Crippen molar-refractivity contribution in [3.05, 3.63) is 34.9 Å². The molecule has 1 heteroatoms. The van der Waals surface area contributed by atoms with Gasteiger partial charge in [-0.1, -0.05) is 23.8 Å². The molecule has 0 aliphatic rings. The molecular weight excluding hydrogens is 182 g/mol. The maximum atomic E-state index is 5.18. The predicted octanol–water partition coefficient (Wildman–Crippen LogP) is 2.81. The van der Waals surface area contributed by atoms with Crippen molar-refractivity contribution in [3.8, 4) is 12.3 Å². The van der Waals surface area contributed by atoms with Gasteiger partial charge in [-0.15, -0.1) is 12.3 Å². The standard InChI is InChI=1S/C14H19N/c1-4-5-6-9-15-11-14-8-7-12(2)10-13(14)3/h1,7-8,10,15H,5-6,9,11H2,2-3H3. The lowest BCUT2D eigenvalue weighted by Gasteiger charge is -2.07. The van der Waals surface area contributed by atoms with Crippen LogP contribution >= 0.6 is 0 Å². The average molecular weight is 201 g/mol. The average Bonchev–Trinajstić information content (AvgIpc) is 2.20. The van der Waals surface area contributed by atoms with Gasteiger partial charge in [0, 0.05) is 13.0 Å². The molecule has 1 N–H and O–H groups in total. The number of terminal acetylenes is 1. The summed E-state index contributed by atoms with van der Waals surface area (Å²) < 4.78 is 0. The molecule has 0 saturated carbocycles. The fourth-order valence-corrected chi connectivity index (χ4v) is 1.58. The van der Waals surface area contributed by atoms with Crippen molar-refractivity contribution in [3.63, 3.8) is 0 Å². The molecule has 0 atom stereocenters. The summed E-state index contributed by atoms with van der Waals surface area (Å²) in [6, 6.07) is 6.57. The van der Waals surface area contributed by atoms with Crippen LogP contribution in [0.15, 0.2) is 18.2 Å². The van der Waals surface area contributed by atoms with Crippen molar-refractivity contribution in [2.75, 3.05) is 6.54 Å². The molecule has 0 radical (unpaired) electrons. The lowest BCUT2D eigenvalue weighted by Crippen LogP contribution is -2.15. The Balaban J connectivity index is 2.35. The summed E-state index contributed by atoms with van der Waals surface area (Å²) in [6.07, 6.45) is 7.10. The summed E-state index contributed by atoms with van der Waals surface area (Å²) in [5, 5.41) is 3.40. The number of benzene rings is 1. The Labute approximate surface area is 92.9 Å². The van der Waals surface area contributed by atoms with Crippen LogP contribution in [0.4, 0.5) is 0 Å². The summed E-state index contributed by atoms with van der Waals surface area (Å²) in [6.45, 7) is 6.22. The highest BCUT2D eigenvalue weighted by Gasteiger charge is 1.97. The van der Waals surface area contributed by atoms with Crippen molar-refractivity contribution < 1.29 is 0 Å². The molecule has 0 spiro atoms. The van der Waals surface area contributed by atoms with Crippen LogP contribution in [0, 0.1) is 26.2 Å². The minimum absolute atomic E-state index is 0.861. The smallest absolute Gasteiger partial charge is 0.0208 e. The van der Waals surface area contributed by atoms with Crippen LogP contribution < -0.4 is 5.32 Å². The minimum Gasteiger partial charge on any atom is -0.313 e. The van der Waals surface area contributed by atoms with Gasteiger partial charge < -0.3 is 5.32 Å². The molecule has 80 valence electrons. The largest absolute Gasteiger partial charge is 0.313 e. The summed E-state index contributed by atoms with van der Waals surface area (Å²) in [5.41, 5.74) is 4.06. The highest BCUT2D eigenvalue weighted by atomic mass is 14.8. The SMILES string of the molecule is C#CCCCNCc1ccc(C)cc1C. The van der Waals surface area contributed by atoms with Crippen molar-refractivity contribution in [2.24, 2.45) is 0 Å². The van der Waals surface area contributed by atoms with Crippen LogP contribution in [0.3, 0.4) is 0 Å². The molecule has 1 rings (SSSR count). The van der Waals surface area contributed by atoms with Gasteiger partial charge in [-0.3, -0.25) is 0 Å². The Bertz CT molecular complexity index is 347. The molecule has 1 nitrogen and oxygen atoms in total. The molecule has 0 heterocycles. The van der Waals surface area contributed by atoms with Crippen molar-refractivity contribution in [1.29, 1.82) is 0 Å². The van der Waals surface area contributed by atoms with Gasteiger partial charge in [0.2, 0.25) is 0 Å². The number of hydrogen-bond donors (Lipinski definition) is 1. The predicted molar refractivity (Wildman–Crippen MR) is 65.7 cm³/mol. The molecule has 0 fully saturated rings. The van der Waals surface area contributed by atoms with Gasteiger partial charge in [0.05, 0.1) is 0 Å². The van der Waals surface area contributed by atoms with E-state index in [0.29, 0.717) is 0 Å². The molecule has 0 amide bonds. The molecular formula is C14H19N. The van der Waals surface area contributed by atoms with Crippen molar-refractivity contribution in [1.82, 2.24) is 5.32 Å². The Morgan fingerprint density at radius 2 is 2.13 bits per heavy atom. The number of hydrogen-bond acceptors (Lipinski definition) is 1. The lowest BCUT2D eigenvalue weighted by atomic mass is 10.1. The molecule has 0 bridgehead atoms. The van der Waals surface area contributed by atoms with E-state index in [1.165, 1.54) is 16.7 Å². The van der Waals surface area contributed by atoms with Crippen LogP contribution in [0.1, 0.15) is 29.5 Å². The fourth-order valence-electron chi connectivity index (χ4n) is 1.58. The van der Waals surface area contributed by atoms with Crippen LogP contribution in [-0.4, -0.2) is 6.54 Å². The van der Waals surface area contributed by atoms with E-state index < -0.39 is 0 Å². The van der Waals surface area contributed by atoms with Crippen molar-refractivity contribution >= 4 is 0 Å². The molecule has 0 unspecified atom stereocenters. The van der Waals surface area contributed by atoms with E-state index in [1.807, 2.05) is 0 Å². The van der Waals surface area contributed by atoms with Crippen molar-refractivity contribution in [2.45, 2.75) is 33.2 Å². The summed E-state index contributed by atoms with van der Waals surface area (Å²) in [7, 11) is 0. The molecule has 0 aliphatic heterocycles. The van der Waals surface area contributed by atoms with E-state index in [9.17, 15) is 0 Å². The Morgan fingerprint density at radius 3 is 2.80 bits per heavy atom. The van der Waals surface area contributed by atoms with Gasteiger partial charge in [-0.05, 0) is 37.9 Å². The highest BCUT2D eigenvalue weighted by Crippen LogP contribution is 2.09. The van der Waals surface area contributed by atoms with Crippen LogP contribution in [0.25, 0.3) is 0 Å². The fraction of sp³-hybridized carbons (Fsp3) is 0.429. The zero-order chi connectivity index (χ0) is 11.1. The van der Waals surface area contributed by atoms with Crippen LogP contribution in [0.2, 0.25) is 0 Å².